The van der Waals surface area contributed by atoms with Gasteiger partial charge in [0, 0.05) is 7.11 Å². The summed E-state index contributed by atoms with van der Waals surface area (Å²) in [6.45, 7) is 0. The Balaban J connectivity index is 4.35. The van der Waals surface area contributed by atoms with Gasteiger partial charge in [-0.1, -0.05) is 34.8 Å². The van der Waals surface area contributed by atoms with E-state index in [4.69, 9.17) is 39.7 Å². The van der Waals surface area contributed by atoms with Gasteiger partial charge in [0.25, 0.3) is 3.53 Å². The normalized spacial score (nSPS) is 19.2. The van der Waals surface area contributed by atoms with E-state index in [1.807, 2.05) is 0 Å². The zero-order chi connectivity index (χ0) is 7.71. The van der Waals surface area contributed by atoms with Gasteiger partial charge < -0.3 is 9.42 Å². The molecule has 1 unspecified atom stereocenters. The van der Waals surface area contributed by atoms with Gasteiger partial charge in [-0.15, -0.1) is 0 Å². The van der Waals surface area contributed by atoms with E-state index in [0.717, 1.165) is 7.11 Å². The second-order valence-electron chi connectivity index (χ2n) is 1.17. The van der Waals surface area contributed by atoms with Gasteiger partial charge in [0.15, 0.2) is 0 Å². The minimum atomic E-state index is -4.06. The van der Waals surface area contributed by atoms with Crippen molar-refractivity contribution < 1.29 is 14.0 Å². The Hall–Kier alpha value is 1.02. The average molecular weight is 213 g/mol. The highest BCUT2D eigenvalue weighted by molar-refractivity contribution is 7.61. The summed E-state index contributed by atoms with van der Waals surface area (Å²) in [5, 5.41) is 0. The van der Waals surface area contributed by atoms with E-state index in [-0.39, 0.29) is 0 Å². The molecule has 1 N–H and O–H groups in total. The van der Waals surface area contributed by atoms with Crippen LogP contribution in [0.5, 0.6) is 0 Å². The number of alkyl halides is 3. The Morgan fingerprint density at radius 3 is 1.89 bits per heavy atom. The fourth-order valence-electron chi connectivity index (χ4n) is 0.104. The van der Waals surface area contributed by atoms with Gasteiger partial charge in [-0.05, 0) is 0 Å². The lowest BCUT2D eigenvalue weighted by Crippen LogP contribution is -2.04. The van der Waals surface area contributed by atoms with Crippen LogP contribution in [0.15, 0.2) is 0 Å². The maximum atomic E-state index is 10.5. The molecule has 56 valence electrons. The molecule has 7 heteroatoms. The quantitative estimate of drug-likeness (QED) is 0.536. The van der Waals surface area contributed by atoms with Crippen molar-refractivity contribution >= 4 is 42.4 Å². The Labute approximate surface area is 67.4 Å². The second kappa shape index (κ2) is 2.95. The molecule has 9 heavy (non-hydrogen) atoms. The SMILES string of the molecule is COP(=O)(O)C(Cl)(Cl)Cl. The molecule has 0 amide bonds. The molecule has 0 spiro atoms. The topological polar surface area (TPSA) is 46.5 Å². The Kier molecular flexibility index (Phi) is 3.29. The predicted octanol–water partition coefficient (Wildman–Crippen LogP) is 2.15. The smallest absolute Gasteiger partial charge is 0.321 e. The fraction of sp³-hybridized carbons (Fsp3) is 1.00. The van der Waals surface area contributed by atoms with Crippen molar-refractivity contribution in [2.75, 3.05) is 7.11 Å². The molecule has 1 atom stereocenters. The molecule has 0 aliphatic carbocycles. The molecule has 3 nitrogen and oxygen atoms in total. The highest BCUT2D eigenvalue weighted by Crippen LogP contribution is 2.62. The Bertz CT molecular complexity index is 140. The van der Waals surface area contributed by atoms with E-state index >= 15 is 0 Å². The van der Waals surface area contributed by atoms with Crippen molar-refractivity contribution in [2.45, 2.75) is 3.53 Å². The first-order chi connectivity index (χ1) is 3.81. The van der Waals surface area contributed by atoms with Crippen molar-refractivity contribution in [3.05, 3.63) is 0 Å². The van der Waals surface area contributed by atoms with Crippen molar-refractivity contribution in [1.82, 2.24) is 0 Å². The Morgan fingerprint density at radius 1 is 1.56 bits per heavy atom. The zero-order valence-electron chi connectivity index (χ0n) is 4.34. The maximum absolute atomic E-state index is 10.5. The Morgan fingerprint density at radius 2 is 1.89 bits per heavy atom. The van der Waals surface area contributed by atoms with Crippen LogP contribution in [0.3, 0.4) is 0 Å². The highest BCUT2D eigenvalue weighted by Gasteiger charge is 2.43. The molecule has 0 bridgehead atoms. The third kappa shape index (κ3) is 2.62. The van der Waals surface area contributed by atoms with Crippen molar-refractivity contribution in [2.24, 2.45) is 0 Å². The highest BCUT2D eigenvalue weighted by atomic mass is 35.6. The fourth-order valence-corrected chi connectivity index (χ4v) is 0.932. The molecule has 0 fully saturated rings. The van der Waals surface area contributed by atoms with Gasteiger partial charge in [0.1, 0.15) is 0 Å². The summed E-state index contributed by atoms with van der Waals surface area (Å²) in [6, 6.07) is 0. The van der Waals surface area contributed by atoms with Crippen molar-refractivity contribution in [3.63, 3.8) is 0 Å². The monoisotopic (exact) mass is 212 g/mol. The van der Waals surface area contributed by atoms with Crippen LogP contribution in [0.25, 0.3) is 0 Å². The third-order valence-electron chi connectivity index (χ3n) is 0.568. The lowest BCUT2D eigenvalue weighted by Gasteiger charge is -2.15. The minimum absolute atomic E-state index is 0.989. The van der Waals surface area contributed by atoms with Crippen molar-refractivity contribution in [1.29, 1.82) is 0 Å². The maximum Gasteiger partial charge on any atom is 0.379 e. The van der Waals surface area contributed by atoms with Gasteiger partial charge in [-0.2, -0.15) is 0 Å². The molecular weight excluding hydrogens is 209 g/mol. The standard InChI is InChI=1S/C2H4Cl3O3P/c1-8-9(6,7)2(3,4)5/h1H3,(H,6,7). The first-order valence-electron chi connectivity index (χ1n) is 1.76. The first kappa shape index (κ1) is 10.0. The largest absolute Gasteiger partial charge is 0.379 e. The van der Waals surface area contributed by atoms with E-state index in [0.29, 0.717) is 0 Å². The van der Waals surface area contributed by atoms with Gasteiger partial charge in [-0.3, -0.25) is 4.57 Å². The molecule has 0 aromatic rings. The van der Waals surface area contributed by atoms with E-state index < -0.39 is 11.1 Å². The van der Waals surface area contributed by atoms with Crippen LogP contribution in [0.1, 0.15) is 0 Å². The van der Waals surface area contributed by atoms with E-state index in [1.165, 1.54) is 0 Å². The minimum Gasteiger partial charge on any atom is -0.321 e. The van der Waals surface area contributed by atoms with E-state index in [2.05, 4.69) is 4.52 Å². The van der Waals surface area contributed by atoms with Gasteiger partial charge >= 0.3 is 7.60 Å². The van der Waals surface area contributed by atoms with Crippen LogP contribution in [-0.4, -0.2) is 15.5 Å². The number of hydrogen-bond donors (Lipinski definition) is 1. The zero-order valence-corrected chi connectivity index (χ0v) is 7.51. The number of hydrogen-bond acceptors (Lipinski definition) is 2. The molecule has 0 aromatic carbocycles. The number of rotatable bonds is 1. The summed E-state index contributed by atoms with van der Waals surface area (Å²) in [7, 11) is -3.07. The van der Waals surface area contributed by atoms with E-state index in [1.54, 1.807) is 0 Å². The van der Waals surface area contributed by atoms with Crippen LogP contribution in [0.2, 0.25) is 0 Å². The summed E-state index contributed by atoms with van der Waals surface area (Å²) in [4.78, 5) is 8.60. The second-order valence-corrected chi connectivity index (χ2v) is 6.32. The first-order valence-corrected chi connectivity index (χ1v) is 4.48. The van der Waals surface area contributed by atoms with Crippen LogP contribution >= 0.6 is 42.4 Å². The summed E-state index contributed by atoms with van der Waals surface area (Å²) in [6.07, 6.45) is 0. The summed E-state index contributed by atoms with van der Waals surface area (Å²) in [5.41, 5.74) is 0. The molecule has 0 radical (unpaired) electrons. The van der Waals surface area contributed by atoms with Gasteiger partial charge in [0.05, 0.1) is 0 Å². The van der Waals surface area contributed by atoms with Crippen LogP contribution in [0, 0.1) is 0 Å². The van der Waals surface area contributed by atoms with Gasteiger partial charge in [-0.25, -0.2) is 0 Å². The molecule has 0 heterocycles. The molecular formula is C2H4Cl3O3P. The number of halogens is 3. The molecule has 0 aliphatic heterocycles. The lowest BCUT2D eigenvalue weighted by molar-refractivity contribution is 0.315. The van der Waals surface area contributed by atoms with Crippen molar-refractivity contribution in [3.8, 4) is 0 Å². The van der Waals surface area contributed by atoms with E-state index in [9.17, 15) is 4.57 Å². The molecule has 0 saturated heterocycles. The van der Waals surface area contributed by atoms with Crippen LogP contribution < -0.4 is 0 Å². The molecule has 0 rings (SSSR count). The summed E-state index contributed by atoms with van der Waals surface area (Å²) in [5.74, 6) is 0. The predicted molar refractivity (Wildman–Crippen MR) is 37.1 cm³/mol. The summed E-state index contributed by atoms with van der Waals surface area (Å²) < 4.78 is 12.3. The third-order valence-corrected chi connectivity index (χ3v) is 3.63. The van der Waals surface area contributed by atoms with Crippen LogP contribution in [-0.2, 0) is 9.09 Å². The average Bonchev–Trinajstić information content (AvgIpc) is 1.64. The van der Waals surface area contributed by atoms with Gasteiger partial charge in [0.2, 0.25) is 0 Å². The summed E-state index contributed by atoms with van der Waals surface area (Å²) >= 11 is 15.1. The van der Waals surface area contributed by atoms with Crippen LogP contribution in [0.4, 0.5) is 0 Å². The molecule has 0 aromatic heterocycles. The molecule has 0 aliphatic rings. The molecule has 0 saturated carbocycles. The lowest BCUT2D eigenvalue weighted by atomic mass is 11.8.